The van der Waals surface area contributed by atoms with Gasteiger partial charge in [-0.05, 0) is 19.3 Å². The van der Waals surface area contributed by atoms with Crippen LogP contribution in [0.3, 0.4) is 0 Å². The molecule has 142 valence electrons. The first-order valence-electron chi connectivity index (χ1n) is 9.51. The summed E-state index contributed by atoms with van der Waals surface area (Å²) in [4.78, 5) is 16.8. The monoisotopic (exact) mass is 353 g/mol. The molecule has 1 aliphatic carbocycles. The molecular weight excluding hydrogens is 322 g/mol. The number of morpholine rings is 2. The smallest absolute Gasteiger partial charge is 0.244 e. The summed E-state index contributed by atoms with van der Waals surface area (Å²) in [6.45, 7) is 7.29. The van der Waals surface area contributed by atoms with Crippen LogP contribution in [0.4, 0.5) is 0 Å². The number of aliphatic hydroxyl groups excluding tert-OH is 1. The van der Waals surface area contributed by atoms with Crippen molar-refractivity contribution in [2.75, 3.05) is 59.2 Å². The largest absolute Gasteiger partial charge is 0.389 e. The number of hydrogen-bond donors (Lipinski definition) is 2. The third kappa shape index (κ3) is 5.49. The zero-order valence-electron chi connectivity index (χ0n) is 14.9. The minimum Gasteiger partial charge on any atom is -0.389 e. The molecule has 3 fully saturated rings. The van der Waals surface area contributed by atoms with E-state index in [1.165, 1.54) is 0 Å². The van der Waals surface area contributed by atoms with Gasteiger partial charge in [-0.25, -0.2) is 0 Å². The minimum atomic E-state index is -0.511. The predicted molar refractivity (Wildman–Crippen MR) is 94.4 cm³/mol. The third-order valence-corrected chi connectivity index (χ3v) is 5.40. The first kappa shape index (κ1) is 18.8. The Bertz CT molecular complexity index is 448. The van der Waals surface area contributed by atoms with E-state index in [4.69, 9.17) is 9.47 Å². The summed E-state index contributed by atoms with van der Waals surface area (Å²) < 4.78 is 10.7. The molecule has 0 aromatic heterocycles. The van der Waals surface area contributed by atoms with Crippen molar-refractivity contribution in [1.82, 2.24) is 15.1 Å². The van der Waals surface area contributed by atoms with Crippen LogP contribution in [-0.2, 0) is 14.3 Å². The van der Waals surface area contributed by atoms with E-state index >= 15 is 0 Å². The molecule has 2 aliphatic heterocycles. The van der Waals surface area contributed by atoms with E-state index < -0.39 is 6.10 Å². The van der Waals surface area contributed by atoms with Crippen LogP contribution in [0.2, 0.25) is 0 Å². The third-order valence-electron chi connectivity index (χ3n) is 5.40. The van der Waals surface area contributed by atoms with Crippen LogP contribution in [0.5, 0.6) is 0 Å². The highest BCUT2D eigenvalue weighted by Crippen LogP contribution is 2.24. The first-order chi connectivity index (χ1) is 12.2. The van der Waals surface area contributed by atoms with Gasteiger partial charge in [0.25, 0.3) is 0 Å². The highest BCUT2D eigenvalue weighted by Gasteiger charge is 2.36. The molecule has 25 heavy (non-hydrogen) atoms. The fourth-order valence-electron chi connectivity index (χ4n) is 3.95. The molecule has 0 spiro atoms. The molecule has 2 saturated heterocycles. The highest BCUT2D eigenvalue weighted by molar-refractivity contribution is 5.87. The lowest BCUT2D eigenvalue weighted by Crippen LogP contribution is -2.58. The highest BCUT2D eigenvalue weighted by atomic mass is 16.5. The van der Waals surface area contributed by atoms with Crippen molar-refractivity contribution in [2.24, 2.45) is 0 Å². The maximum Gasteiger partial charge on any atom is 0.244 e. The molecule has 0 aromatic rings. The Hall–Kier alpha value is -0.990. The molecular formula is C18H31N3O4. The van der Waals surface area contributed by atoms with Gasteiger partial charge in [0.15, 0.2) is 0 Å². The fraction of sp³-hybridized carbons (Fsp3) is 0.833. The summed E-state index contributed by atoms with van der Waals surface area (Å²) in [6.07, 6.45) is 5.84. The predicted octanol–water partition coefficient (Wildman–Crippen LogP) is -0.395. The van der Waals surface area contributed by atoms with Gasteiger partial charge in [0.1, 0.15) is 0 Å². The molecule has 2 heterocycles. The average molecular weight is 353 g/mol. The zero-order chi connectivity index (χ0) is 17.5. The molecule has 0 unspecified atom stereocenters. The quantitative estimate of drug-likeness (QED) is 0.656. The summed E-state index contributed by atoms with van der Waals surface area (Å²) in [5, 5.41) is 13.7. The Morgan fingerprint density at radius 1 is 1.08 bits per heavy atom. The van der Waals surface area contributed by atoms with Crippen LogP contribution >= 0.6 is 0 Å². The number of carbonyl (C=O) groups is 1. The summed E-state index contributed by atoms with van der Waals surface area (Å²) in [7, 11) is 0. The number of amides is 1. The summed E-state index contributed by atoms with van der Waals surface area (Å²) in [5.41, 5.74) is 0. The number of rotatable bonds is 5. The van der Waals surface area contributed by atoms with Gasteiger partial charge in [-0.1, -0.05) is 6.08 Å². The molecule has 3 atom stereocenters. The van der Waals surface area contributed by atoms with Gasteiger partial charge in [-0.2, -0.15) is 0 Å². The van der Waals surface area contributed by atoms with Gasteiger partial charge in [0, 0.05) is 44.8 Å². The van der Waals surface area contributed by atoms with Crippen molar-refractivity contribution < 1.29 is 19.4 Å². The maximum atomic E-state index is 12.2. The lowest BCUT2D eigenvalue weighted by Gasteiger charge is -2.42. The lowest BCUT2D eigenvalue weighted by molar-refractivity contribution is -0.119. The van der Waals surface area contributed by atoms with E-state index in [0.29, 0.717) is 0 Å². The maximum absolute atomic E-state index is 12.2. The van der Waals surface area contributed by atoms with Crippen LogP contribution < -0.4 is 5.32 Å². The normalized spacial score (nSPS) is 32.8. The Morgan fingerprint density at radius 3 is 2.48 bits per heavy atom. The van der Waals surface area contributed by atoms with E-state index in [9.17, 15) is 9.90 Å². The lowest BCUT2D eigenvalue weighted by atomic mass is 9.86. The number of nitrogens with one attached hydrogen (secondary N) is 1. The SMILES string of the molecule is O=C(/C=C/CN1CCOCC1)N[C@@H]1CCC[C@@H](N2CCOCC2)[C@@H]1O. The van der Waals surface area contributed by atoms with Gasteiger partial charge in [0.05, 0.1) is 38.6 Å². The van der Waals surface area contributed by atoms with E-state index in [1.807, 2.05) is 6.08 Å². The number of nitrogens with zero attached hydrogens (tertiary/aromatic N) is 2. The summed E-state index contributed by atoms with van der Waals surface area (Å²) in [6, 6.07) is -0.0394. The molecule has 3 rings (SSSR count). The van der Waals surface area contributed by atoms with Gasteiger partial charge in [0.2, 0.25) is 5.91 Å². The Morgan fingerprint density at radius 2 is 1.76 bits per heavy atom. The Labute approximate surface area is 149 Å². The van der Waals surface area contributed by atoms with Crippen molar-refractivity contribution in [3.05, 3.63) is 12.2 Å². The second kappa shape index (κ2) is 9.64. The van der Waals surface area contributed by atoms with Crippen LogP contribution in [-0.4, -0.2) is 98.2 Å². The van der Waals surface area contributed by atoms with Gasteiger partial charge >= 0.3 is 0 Å². The average Bonchev–Trinajstić information content (AvgIpc) is 2.65. The van der Waals surface area contributed by atoms with E-state index in [2.05, 4.69) is 15.1 Å². The van der Waals surface area contributed by atoms with E-state index in [1.54, 1.807) is 6.08 Å². The molecule has 0 radical (unpaired) electrons. The number of hydrogen-bond acceptors (Lipinski definition) is 6. The molecule has 7 heteroatoms. The first-order valence-corrected chi connectivity index (χ1v) is 9.51. The van der Waals surface area contributed by atoms with E-state index in [-0.39, 0.29) is 18.0 Å². The molecule has 0 aromatic carbocycles. The second-order valence-electron chi connectivity index (χ2n) is 7.07. The summed E-state index contributed by atoms with van der Waals surface area (Å²) >= 11 is 0. The number of ether oxygens (including phenoxy) is 2. The van der Waals surface area contributed by atoms with Crippen LogP contribution in [0.15, 0.2) is 12.2 Å². The van der Waals surface area contributed by atoms with E-state index in [0.717, 1.165) is 78.4 Å². The van der Waals surface area contributed by atoms with Crippen LogP contribution in [0.1, 0.15) is 19.3 Å². The molecule has 1 saturated carbocycles. The second-order valence-corrected chi connectivity index (χ2v) is 7.07. The number of aliphatic hydroxyl groups is 1. The van der Waals surface area contributed by atoms with Crippen LogP contribution in [0, 0.1) is 0 Å². The topological polar surface area (TPSA) is 74.3 Å². The van der Waals surface area contributed by atoms with Crippen molar-refractivity contribution in [2.45, 2.75) is 37.5 Å². The molecule has 2 N–H and O–H groups in total. The molecule has 1 amide bonds. The number of carbonyl (C=O) groups excluding carboxylic acids is 1. The molecule has 3 aliphatic rings. The molecule has 0 bridgehead atoms. The van der Waals surface area contributed by atoms with Crippen LogP contribution in [0.25, 0.3) is 0 Å². The van der Waals surface area contributed by atoms with Gasteiger partial charge < -0.3 is 19.9 Å². The zero-order valence-corrected chi connectivity index (χ0v) is 14.9. The van der Waals surface area contributed by atoms with Gasteiger partial charge in [-0.15, -0.1) is 0 Å². The molecule has 7 nitrogen and oxygen atoms in total. The standard InChI is InChI=1S/C18H31N3O4/c22-17(5-2-6-20-7-11-24-12-8-20)19-15-3-1-4-16(18(15)23)21-9-13-25-14-10-21/h2,5,15-16,18,23H,1,3-4,6-14H2,(H,19,22)/b5-2+/t15-,16-,18-/m1/s1. The van der Waals surface area contributed by atoms with Crippen molar-refractivity contribution in [1.29, 1.82) is 0 Å². The van der Waals surface area contributed by atoms with Gasteiger partial charge in [-0.3, -0.25) is 14.6 Å². The fourth-order valence-corrected chi connectivity index (χ4v) is 3.95. The summed E-state index contributed by atoms with van der Waals surface area (Å²) in [5.74, 6) is -0.111. The van der Waals surface area contributed by atoms with Crippen molar-refractivity contribution in [3.63, 3.8) is 0 Å². The Kier molecular flexibility index (Phi) is 7.24. The minimum absolute atomic E-state index is 0.111. The van der Waals surface area contributed by atoms with Crippen molar-refractivity contribution in [3.8, 4) is 0 Å². The Balaban J connectivity index is 1.44. The van der Waals surface area contributed by atoms with Crippen molar-refractivity contribution >= 4 is 5.91 Å².